The smallest absolute Gasteiger partial charge is 0.377 e. The van der Waals surface area contributed by atoms with Crippen LogP contribution in [0.5, 0.6) is 0 Å². The van der Waals surface area contributed by atoms with Crippen molar-refractivity contribution in [3.8, 4) is 0 Å². The van der Waals surface area contributed by atoms with Crippen LogP contribution >= 0.6 is 0 Å². The third-order valence-corrected chi connectivity index (χ3v) is 7.25. The minimum atomic E-state index is -2.34. The Morgan fingerprint density at radius 2 is 1.05 bits per heavy atom. The molecule has 4 heteroatoms. The molecule has 0 N–H and O–H groups in total. The van der Waals surface area contributed by atoms with Crippen LogP contribution in [0.25, 0.3) is 0 Å². The summed E-state index contributed by atoms with van der Waals surface area (Å²) in [6.07, 6.45) is 16.0. The van der Waals surface area contributed by atoms with Gasteiger partial charge in [0.1, 0.15) is 0 Å². The molecule has 0 unspecified atom stereocenters. The topological polar surface area (TPSA) is 27.7 Å². The molecule has 0 spiro atoms. The van der Waals surface area contributed by atoms with Crippen LogP contribution in [-0.2, 0) is 13.3 Å². The van der Waals surface area contributed by atoms with Gasteiger partial charge in [-0.25, -0.2) is 0 Å². The van der Waals surface area contributed by atoms with Crippen molar-refractivity contribution in [3.05, 3.63) is 0 Å². The quantitative estimate of drug-likeness (QED) is 0.243. The first-order chi connectivity index (χ1) is 10.7. The van der Waals surface area contributed by atoms with Gasteiger partial charge >= 0.3 is 8.80 Å². The highest BCUT2D eigenvalue weighted by Gasteiger charge is 2.37. The molecular formula is C18H40O3Si. The first kappa shape index (κ1) is 22.1. The van der Waals surface area contributed by atoms with E-state index in [0.29, 0.717) is 0 Å². The molecule has 0 aromatic carbocycles. The Bertz CT molecular complexity index is 220. The van der Waals surface area contributed by atoms with Crippen LogP contribution in [0.3, 0.4) is 0 Å². The summed E-state index contributed by atoms with van der Waals surface area (Å²) in [5, 5.41) is 0. The van der Waals surface area contributed by atoms with Gasteiger partial charge in [-0.15, -0.1) is 0 Å². The first-order valence-corrected chi connectivity index (χ1v) is 11.4. The van der Waals surface area contributed by atoms with E-state index >= 15 is 0 Å². The van der Waals surface area contributed by atoms with E-state index in [4.69, 9.17) is 13.3 Å². The molecule has 0 radical (unpaired) electrons. The summed E-state index contributed by atoms with van der Waals surface area (Å²) in [7, 11) is 1.09. The van der Waals surface area contributed by atoms with Gasteiger partial charge in [0.05, 0.1) is 0 Å². The van der Waals surface area contributed by atoms with Crippen LogP contribution in [0.4, 0.5) is 0 Å². The predicted octanol–water partition coefficient (Wildman–Crippen LogP) is 5.96. The van der Waals surface area contributed by atoms with Crippen molar-refractivity contribution in [3.63, 3.8) is 0 Å². The van der Waals surface area contributed by atoms with E-state index in [-0.39, 0.29) is 0 Å². The van der Waals surface area contributed by atoms with E-state index in [1.165, 1.54) is 64.2 Å². The summed E-state index contributed by atoms with van der Waals surface area (Å²) < 4.78 is 17.0. The van der Waals surface area contributed by atoms with Gasteiger partial charge in [-0.2, -0.15) is 0 Å². The zero-order chi connectivity index (χ0) is 16.5. The molecule has 0 saturated carbocycles. The Labute approximate surface area is 140 Å². The van der Waals surface area contributed by atoms with Crippen LogP contribution in [0.2, 0.25) is 6.04 Å². The zero-order valence-electron chi connectivity index (χ0n) is 15.6. The second kappa shape index (κ2) is 16.0. The zero-order valence-corrected chi connectivity index (χ0v) is 16.6. The molecule has 0 atom stereocenters. The highest BCUT2D eigenvalue weighted by atomic mass is 28.4. The average Bonchev–Trinajstić information content (AvgIpc) is 2.55. The molecule has 0 saturated heterocycles. The maximum atomic E-state index is 5.95. The maximum absolute atomic E-state index is 5.95. The molecule has 0 rings (SSSR count). The first-order valence-electron chi connectivity index (χ1n) is 9.49. The van der Waals surface area contributed by atoms with E-state index in [1.54, 1.807) is 14.2 Å². The second-order valence-corrected chi connectivity index (χ2v) is 9.20. The second-order valence-electron chi connectivity index (χ2n) is 6.23. The number of hydrogen-bond acceptors (Lipinski definition) is 3. The van der Waals surface area contributed by atoms with Gasteiger partial charge in [-0.1, -0.05) is 84.5 Å². The van der Waals surface area contributed by atoms with Gasteiger partial charge in [0.25, 0.3) is 0 Å². The Balaban J connectivity index is 3.38. The molecule has 0 aliphatic heterocycles. The van der Waals surface area contributed by atoms with Crippen molar-refractivity contribution in [2.24, 2.45) is 0 Å². The maximum Gasteiger partial charge on any atom is 0.500 e. The fourth-order valence-corrected chi connectivity index (χ4v) is 4.80. The Morgan fingerprint density at radius 3 is 1.45 bits per heavy atom. The monoisotopic (exact) mass is 332 g/mol. The molecule has 22 heavy (non-hydrogen) atoms. The molecule has 0 aliphatic carbocycles. The summed E-state index contributed by atoms with van der Waals surface area (Å²) in [5.41, 5.74) is 0. The molecular weight excluding hydrogens is 292 g/mol. The fraction of sp³-hybridized carbons (Fsp3) is 1.00. The molecule has 0 bridgehead atoms. The SMILES string of the molecule is CCCCCCCCCCCCCO[Si](CCC)(OC)OC. The third kappa shape index (κ3) is 11.6. The van der Waals surface area contributed by atoms with Crippen LogP contribution < -0.4 is 0 Å². The van der Waals surface area contributed by atoms with Gasteiger partial charge in [-0.3, -0.25) is 0 Å². The number of rotatable bonds is 17. The largest absolute Gasteiger partial charge is 0.500 e. The van der Waals surface area contributed by atoms with E-state index in [0.717, 1.165) is 25.5 Å². The normalized spacial score (nSPS) is 12.0. The van der Waals surface area contributed by atoms with E-state index in [9.17, 15) is 0 Å². The minimum Gasteiger partial charge on any atom is -0.377 e. The summed E-state index contributed by atoms with van der Waals surface area (Å²) in [6, 6.07) is 0.915. The summed E-state index contributed by atoms with van der Waals surface area (Å²) in [6.45, 7) is 5.20. The molecule has 0 aromatic rings. The fourth-order valence-electron chi connectivity index (χ4n) is 2.78. The van der Waals surface area contributed by atoms with E-state index < -0.39 is 8.80 Å². The summed E-state index contributed by atoms with van der Waals surface area (Å²) >= 11 is 0. The molecule has 0 amide bonds. The predicted molar refractivity (Wildman–Crippen MR) is 97.3 cm³/mol. The van der Waals surface area contributed by atoms with Gasteiger partial charge in [0.15, 0.2) is 0 Å². The van der Waals surface area contributed by atoms with Crippen molar-refractivity contribution in [2.45, 2.75) is 96.9 Å². The molecule has 0 fully saturated rings. The van der Waals surface area contributed by atoms with Crippen molar-refractivity contribution < 1.29 is 13.3 Å². The standard InChI is InChI=1S/C18H40O3Si/c1-5-7-8-9-10-11-12-13-14-15-16-17-21-22(19-3,20-4)18-6-2/h5-18H2,1-4H3. The van der Waals surface area contributed by atoms with Gasteiger partial charge in [-0.05, 0) is 6.42 Å². The Kier molecular flexibility index (Phi) is 16.0. The third-order valence-electron chi connectivity index (χ3n) is 4.25. The Hall–Kier alpha value is 0.0969. The molecule has 0 heterocycles. The van der Waals surface area contributed by atoms with Crippen molar-refractivity contribution in [1.29, 1.82) is 0 Å². The number of unbranched alkanes of at least 4 members (excludes halogenated alkanes) is 10. The van der Waals surface area contributed by atoms with Crippen LogP contribution in [0.1, 0.15) is 90.9 Å². The molecule has 0 aliphatic rings. The van der Waals surface area contributed by atoms with Crippen LogP contribution in [0.15, 0.2) is 0 Å². The lowest BCUT2D eigenvalue weighted by Crippen LogP contribution is -2.43. The van der Waals surface area contributed by atoms with Gasteiger partial charge in [0.2, 0.25) is 0 Å². The molecule has 134 valence electrons. The van der Waals surface area contributed by atoms with Crippen LogP contribution in [-0.4, -0.2) is 29.6 Å². The van der Waals surface area contributed by atoms with Gasteiger partial charge < -0.3 is 13.3 Å². The Morgan fingerprint density at radius 1 is 0.591 bits per heavy atom. The van der Waals surface area contributed by atoms with Crippen LogP contribution in [0, 0.1) is 0 Å². The molecule has 0 aromatic heterocycles. The number of hydrogen-bond donors (Lipinski definition) is 0. The average molecular weight is 333 g/mol. The van der Waals surface area contributed by atoms with Gasteiger partial charge in [0, 0.05) is 26.9 Å². The van der Waals surface area contributed by atoms with Crippen molar-refractivity contribution in [1.82, 2.24) is 0 Å². The lowest BCUT2D eigenvalue weighted by Gasteiger charge is -2.25. The highest BCUT2D eigenvalue weighted by Crippen LogP contribution is 2.17. The van der Waals surface area contributed by atoms with E-state index in [2.05, 4.69) is 13.8 Å². The highest BCUT2D eigenvalue weighted by molar-refractivity contribution is 6.60. The van der Waals surface area contributed by atoms with E-state index in [1.807, 2.05) is 0 Å². The minimum absolute atomic E-state index is 0.783. The van der Waals surface area contributed by atoms with Crippen molar-refractivity contribution in [2.75, 3.05) is 20.8 Å². The summed E-state index contributed by atoms with van der Waals surface area (Å²) in [5.74, 6) is 0. The molecule has 3 nitrogen and oxygen atoms in total. The lowest BCUT2D eigenvalue weighted by atomic mass is 10.1. The van der Waals surface area contributed by atoms with Crippen molar-refractivity contribution >= 4 is 8.80 Å². The summed E-state index contributed by atoms with van der Waals surface area (Å²) in [4.78, 5) is 0. The lowest BCUT2D eigenvalue weighted by molar-refractivity contribution is 0.0961.